The fourth-order valence-corrected chi connectivity index (χ4v) is 1.34. The van der Waals surface area contributed by atoms with Crippen LogP contribution in [0, 0.1) is 29.1 Å². The number of halogens is 8. The number of benzene rings is 1. The molecule has 1 aromatic rings. The standard InChI is InChI=1S/C8HCl3F5O.Na/c9-8(10,11)7(17)1-2(12)4(14)6(16)5(15)3(1)13;/h7H;/q-1;+1. The predicted octanol–water partition coefficient (Wildman–Crippen LogP) is 0.158. The average Bonchev–Trinajstić information content (AvgIpc) is 2.22. The van der Waals surface area contributed by atoms with Gasteiger partial charge in [0.2, 0.25) is 5.82 Å². The minimum absolute atomic E-state index is 0. The first kappa shape index (κ1) is 18.7. The Balaban J connectivity index is 0.00000289. The van der Waals surface area contributed by atoms with E-state index in [9.17, 15) is 27.1 Å². The second-order valence-corrected chi connectivity index (χ2v) is 5.27. The fraction of sp³-hybridized carbons (Fsp3) is 0.250. The molecule has 0 fully saturated rings. The van der Waals surface area contributed by atoms with Crippen LogP contribution in [0.25, 0.3) is 0 Å². The molecule has 0 N–H and O–H groups in total. The van der Waals surface area contributed by atoms with Gasteiger partial charge in [-0.1, -0.05) is 34.8 Å². The Hall–Kier alpha value is 0.700. The first-order valence-electron chi connectivity index (χ1n) is 3.82. The van der Waals surface area contributed by atoms with Gasteiger partial charge in [0.15, 0.2) is 27.1 Å². The van der Waals surface area contributed by atoms with Crippen LogP contribution >= 0.6 is 34.8 Å². The van der Waals surface area contributed by atoms with Crippen LogP contribution in [0.4, 0.5) is 22.0 Å². The molecule has 0 aliphatic heterocycles. The zero-order valence-electron chi connectivity index (χ0n) is 8.51. The molecule has 0 amide bonds. The Kier molecular flexibility index (Phi) is 6.68. The van der Waals surface area contributed by atoms with Crippen LogP contribution in [0.15, 0.2) is 0 Å². The number of hydrogen-bond donors (Lipinski definition) is 0. The third-order valence-corrected chi connectivity index (χ3v) is 2.40. The van der Waals surface area contributed by atoms with Crippen molar-refractivity contribution in [2.45, 2.75) is 9.90 Å². The van der Waals surface area contributed by atoms with Crippen LogP contribution in [0.1, 0.15) is 11.7 Å². The molecule has 0 saturated carbocycles. The maximum Gasteiger partial charge on any atom is 1.00 e. The van der Waals surface area contributed by atoms with E-state index in [0.29, 0.717) is 0 Å². The zero-order valence-corrected chi connectivity index (χ0v) is 12.8. The predicted molar refractivity (Wildman–Crippen MR) is 49.3 cm³/mol. The van der Waals surface area contributed by atoms with Crippen LogP contribution in [-0.2, 0) is 0 Å². The van der Waals surface area contributed by atoms with E-state index in [4.69, 9.17) is 34.8 Å². The summed E-state index contributed by atoms with van der Waals surface area (Å²) in [6, 6.07) is 0. The van der Waals surface area contributed by atoms with E-state index in [2.05, 4.69) is 0 Å². The van der Waals surface area contributed by atoms with Gasteiger partial charge in [-0.2, -0.15) is 0 Å². The SMILES string of the molecule is [Na+].[O-]C(c1c(F)c(F)c(F)c(F)c1F)C(Cl)(Cl)Cl. The van der Waals surface area contributed by atoms with Gasteiger partial charge in [-0.25, -0.2) is 22.0 Å². The van der Waals surface area contributed by atoms with Gasteiger partial charge in [0, 0.05) is 5.56 Å². The Bertz CT molecular complexity index is 436. The summed E-state index contributed by atoms with van der Waals surface area (Å²) in [6.07, 6.45) is -2.75. The summed E-state index contributed by atoms with van der Waals surface area (Å²) in [4.78, 5) is 0. The summed E-state index contributed by atoms with van der Waals surface area (Å²) in [5, 5.41) is 11.3. The van der Waals surface area contributed by atoms with Crippen molar-refractivity contribution < 1.29 is 56.6 Å². The number of rotatable bonds is 1. The Morgan fingerprint density at radius 2 is 1.06 bits per heavy atom. The normalized spacial score (nSPS) is 13.2. The molecule has 10 heteroatoms. The van der Waals surface area contributed by atoms with Crippen molar-refractivity contribution in [1.29, 1.82) is 0 Å². The molecule has 18 heavy (non-hydrogen) atoms. The molecule has 0 aliphatic carbocycles. The second-order valence-electron chi connectivity index (χ2n) is 2.91. The maximum absolute atomic E-state index is 13.1. The van der Waals surface area contributed by atoms with Gasteiger partial charge in [-0.05, 0) is 6.10 Å². The first-order valence-corrected chi connectivity index (χ1v) is 4.96. The summed E-state index contributed by atoms with van der Waals surface area (Å²) in [5.74, 6) is -11.6. The van der Waals surface area contributed by atoms with E-state index < -0.39 is 44.5 Å². The van der Waals surface area contributed by atoms with Gasteiger partial charge in [0.05, 0.1) is 0 Å². The molecule has 1 nitrogen and oxygen atoms in total. The Morgan fingerprint density at radius 1 is 0.778 bits per heavy atom. The molecule has 0 radical (unpaired) electrons. The van der Waals surface area contributed by atoms with E-state index in [1.807, 2.05) is 0 Å². The first-order chi connectivity index (χ1) is 7.59. The van der Waals surface area contributed by atoms with E-state index in [1.165, 1.54) is 0 Å². The molecule has 0 heterocycles. The molecule has 96 valence electrons. The molecule has 0 saturated heterocycles. The van der Waals surface area contributed by atoms with Crippen molar-refractivity contribution in [3.05, 3.63) is 34.6 Å². The summed E-state index contributed by atoms with van der Waals surface area (Å²) >= 11 is 15.2. The Labute approximate surface area is 135 Å². The van der Waals surface area contributed by atoms with Crippen LogP contribution < -0.4 is 34.7 Å². The fourth-order valence-electron chi connectivity index (χ4n) is 1.02. The monoisotopic (exact) mass is 336 g/mol. The average molecular weight is 337 g/mol. The van der Waals surface area contributed by atoms with E-state index in [0.717, 1.165) is 0 Å². The van der Waals surface area contributed by atoms with E-state index >= 15 is 0 Å². The third kappa shape index (κ3) is 3.42. The minimum Gasteiger partial charge on any atom is -0.845 e. The summed E-state index contributed by atoms with van der Waals surface area (Å²) in [5.41, 5.74) is -1.71. The minimum atomic E-state index is -2.75. The van der Waals surface area contributed by atoms with Gasteiger partial charge in [0.1, 0.15) is 0 Å². The van der Waals surface area contributed by atoms with Crippen LogP contribution in [0.3, 0.4) is 0 Å². The smallest absolute Gasteiger partial charge is 0.845 e. The second kappa shape index (κ2) is 6.43. The number of alkyl halides is 3. The third-order valence-electron chi connectivity index (χ3n) is 1.80. The summed E-state index contributed by atoms with van der Waals surface area (Å²) in [6.45, 7) is 0. The molecule has 0 spiro atoms. The molecule has 0 aliphatic rings. The van der Waals surface area contributed by atoms with Gasteiger partial charge < -0.3 is 5.11 Å². The van der Waals surface area contributed by atoms with Crippen molar-refractivity contribution in [3.63, 3.8) is 0 Å². The summed E-state index contributed by atoms with van der Waals surface area (Å²) < 4.78 is 61.5. The van der Waals surface area contributed by atoms with Crippen molar-refractivity contribution in [2.24, 2.45) is 0 Å². The van der Waals surface area contributed by atoms with Crippen molar-refractivity contribution in [2.75, 3.05) is 0 Å². The van der Waals surface area contributed by atoms with Crippen LogP contribution in [0.2, 0.25) is 0 Å². The summed E-state index contributed by atoms with van der Waals surface area (Å²) in [7, 11) is 0. The van der Waals surface area contributed by atoms with Crippen LogP contribution in [-0.4, -0.2) is 3.79 Å². The van der Waals surface area contributed by atoms with Gasteiger partial charge in [0.25, 0.3) is 0 Å². The molecule has 1 aromatic carbocycles. The van der Waals surface area contributed by atoms with E-state index in [1.54, 1.807) is 0 Å². The molecule has 1 unspecified atom stereocenters. The Morgan fingerprint density at radius 3 is 1.33 bits per heavy atom. The molecule has 0 aromatic heterocycles. The maximum atomic E-state index is 13.1. The molecular weight excluding hydrogens is 336 g/mol. The molecule has 1 rings (SSSR count). The van der Waals surface area contributed by atoms with Gasteiger partial charge in [-0.15, -0.1) is 0 Å². The van der Waals surface area contributed by atoms with Crippen molar-refractivity contribution >= 4 is 34.8 Å². The van der Waals surface area contributed by atoms with E-state index in [-0.39, 0.29) is 29.6 Å². The number of hydrogen-bond acceptors (Lipinski definition) is 1. The van der Waals surface area contributed by atoms with Gasteiger partial charge in [-0.3, -0.25) is 0 Å². The van der Waals surface area contributed by atoms with Crippen molar-refractivity contribution in [3.8, 4) is 0 Å². The molecule has 0 bridgehead atoms. The van der Waals surface area contributed by atoms with Crippen molar-refractivity contribution in [1.82, 2.24) is 0 Å². The molecular formula is C8HCl3F5NaO. The topological polar surface area (TPSA) is 23.1 Å². The quantitative estimate of drug-likeness (QED) is 0.235. The zero-order chi connectivity index (χ0) is 13.5. The van der Waals surface area contributed by atoms with Gasteiger partial charge >= 0.3 is 29.6 Å². The molecule has 1 atom stereocenters. The largest absolute Gasteiger partial charge is 1.00 e. The van der Waals surface area contributed by atoms with Crippen LogP contribution in [0.5, 0.6) is 0 Å².